The summed E-state index contributed by atoms with van der Waals surface area (Å²) in [6.07, 6.45) is 2.13. The third kappa shape index (κ3) is 4.23. The Labute approximate surface area is 157 Å². The molecule has 0 saturated heterocycles. The molecule has 0 unspecified atom stereocenters. The molecule has 0 fully saturated rings. The molecule has 136 valence electrons. The number of hydrogen-bond donors (Lipinski definition) is 1. The minimum Gasteiger partial charge on any atom is -0.486 e. The average molecular weight is 442 g/mol. The second-order valence-corrected chi connectivity index (χ2v) is 7.87. The van der Waals surface area contributed by atoms with Crippen molar-refractivity contribution >= 4 is 37.9 Å². The number of carbonyl (C=O) groups is 1. The number of carbonyl (C=O) groups excluding carboxylic acids is 1. The van der Waals surface area contributed by atoms with Crippen molar-refractivity contribution in [2.24, 2.45) is 0 Å². The van der Waals surface area contributed by atoms with E-state index in [2.05, 4.69) is 15.9 Å². The number of benzene rings is 2. The third-order valence-electron chi connectivity index (χ3n) is 3.43. The Morgan fingerprint density at radius 2 is 1.85 bits per heavy atom. The lowest BCUT2D eigenvalue weighted by Crippen LogP contribution is -2.29. The van der Waals surface area contributed by atoms with Crippen LogP contribution in [-0.4, -0.2) is 27.5 Å². The van der Waals surface area contributed by atoms with Gasteiger partial charge in [0.05, 0.1) is 4.90 Å². The predicted molar refractivity (Wildman–Crippen MR) is 95.9 cm³/mol. The van der Waals surface area contributed by atoms with E-state index in [1.165, 1.54) is 42.5 Å². The van der Waals surface area contributed by atoms with Gasteiger partial charge in [0, 0.05) is 22.2 Å². The smallest absolute Gasteiger partial charge is 0.264 e. The van der Waals surface area contributed by atoms with Crippen LogP contribution in [0.5, 0.6) is 11.5 Å². The highest BCUT2D eigenvalue weighted by atomic mass is 79.9. The Kier molecular flexibility index (Phi) is 5.28. The van der Waals surface area contributed by atoms with Crippen LogP contribution in [0.4, 0.5) is 4.39 Å². The highest BCUT2D eigenvalue weighted by Crippen LogP contribution is 2.32. The number of halogens is 2. The first-order chi connectivity index (χ1) is 12.3. The molecule has 0 aliphatic carbocycles. The highest BCUT2D eigenvalue weighted by molar-refractivity contribution is 9.10. The molecular formula is C17H13BrFNO5S. The summed E-state index contributed by atoms with van der Waals surface area (Å²) < 4.78 is 51.5. The van der Waals surface area contributed by atoms with Crippen LogP contribution >= 0.6 is 15.9 Å². The van der Waals surface area contributed by atoms with Gasteiger partial charge in [-0.15, -0.1) is 0 Å². The van der Waals surface area contributed by atoms with Crippen molar-refractivity contribution in [3.8, 4) is 11.5 Å². The molecule has 6 nitrogen and oxygen atoms in total. The van der Waals surface area contributed by atoms with Crippen molar-refractivity contribution in [1.29, 1.82) is 0 Å². The zero-order chi connectivity index (χ0) is 18.7. The molecule has 0 spiro atoms. The van der Waals surface area contributed by atoms with Crippen LogP contribution in [-0.2, 0) is 14.8 Å². The quantitative estimate of drug-likeness (QED) is 0.737. The van der Waals surface area contributed by atoms with Crippen molar-refractivity contribution < 1.29 is 27.1 Å². The monoisotopic (exact) mass is 441 g/mol. The average Bonchev–Trinajstić information content (AvgIpc) is 2.61. The van der Waals surface area contributed by atoms with Gasteiger partial charge in [-0.3, -0.25) is 4.79 Å². The van der Waals surface area contributed by atoms with Crippen molar-refractivity contribution in [3.05, 3.63) is 58.3 Å². The fourth-order valence-corrected chi connectivity index (χ4v) is 3.56. The largest absolute Gasteiger partial charge is 0.486 e. The molecule has 0 bridgehead atoms. The summed E-state index contributed by atoms with van der Waals surface area (Å²) in [6.45, 7) is 0.691. The minimum atomic E-state index is -4.11. The van der Waals surface area contributed by atoms with Crippen LogP contribution in [0.2, 0.25) is 0 Å². The molecule has 1 N–H and O–H groups in total. The van der Waals surface area contributed by atoms with Crippen molar-refractivity contribution in [2.75, 3.05) is 13.2 Å². The topological polar surface area (TPSA) is 81.7 Å². The van der Waals surface area contributed by atoms with Gasteiger partial charge in [-0.25, -0.2) is 17.5 Å². The van der Waals surface area contributed by atoms with E-state index in [4.69, 9.17) is 9.47 Å². The van der Waals surface area contributed by atoms with Gasteiger partial charge in [0.2, 0.25) is 0 Å². The third-order valence-corrected chi connectivity index (χ3v) is 5.27. The molecule has 3 rings (SSSR count). The predicted octanol–water partition coefficient (Wildman–Crippen LogP) is 2.88. The van der Waals surface area contributed by atoms with Gasteiger partial charge >= 0.3 is 0 Å². The van der Waals surface area contributed by atoms with Crippen molar-refractivity contribution in [1.82, 2.24) is 4.72 Å². The molecule has 0 aromatic heterocycles. The van der Waals surface area contributed by atoms with Crippen molar-refractivity contribution in [3.63, 3.8) is 0 Å². The lowest BCUT2D eigenvalue weighted by Gasteiger charge is -2.18. The lowest BCUT2D eigenvalue weighted by atomic mass is 10.2. The number of hydrogen-bond acceptors (Lipinski definition) is 5. The van der Waals surface area contributed by atoms with Gasteiger partial charge < -0.3 is 9.47 Å². The molecule has 2 aromatic carbocycles. The normalized spacial score (nSPS) is 13.6. The molecule has 1 aliphatic rings. The maximum absolute atomic E-state index is 13.6. The Morgan fingerprint density at radius 1 is 1.12 bits per heavy atom. The number of ether oxygens (including phenoxy) is 2. The van der Waals surface area contributed by atoms with Crippen LogP contribution in [0.1, 0.15) is 5.56 Å². The van der Waals surface area contributed by atoms with Gasteiger partial charge in [-0.1, -0.05) is 15.9 Å². The molecule has 0 saturated carbocycles. The first-order valence-corrected chi connectivity index (χ1v) is 9.72. The van der Waals surface area contributed by atoms with E-state index in [1.54, 1.807) is 0 Å². The molecule has 9 heteroatoms. The first kappa shape index (κ1) is 18.4. The number of sulfonamides is 1. The van der Waals surface area contributed by atoms with E-state index in [-0.39, 0.29) is 10.5 Å². The van der Waals surface area contributed by atoms with Crippen LogP contribution < -0.4 is 14.2 Å². The highest BCUT2D eigenvalue weighted by Gasteiger charge is 2.20. The fourth-order valence-electron chi connectivity index (χ4n) is 2.22. The van der Waals surface area contributed by atoms with Gasteiger partial charge in [0.25, 0.3) is 15.9 Å². The summed E-state index contributed by atoms with van der Waals surface area (Å²) >= 11 is 3.19. The zero-order valence-corrected chi connectivity index (χ0v) is 15.6. The van der Waals surface area contributed by atoms with Crippen LogP contribution in [0.3, 0.4) is 0 Å². The van der Waals surface area contributed by atoms with Gasteiger partial charge in [0.15, 0.2) is 11.5 Å². The summed E-state index contributed by atoms with van der Waals surface area (Å²) in [5.41, 5.74) is 0.145. The summed E-state index contributed by atoms with van der Waals surface area (Å²) in [6, 6.07) is 8.25. The van der Waals surface area contributed by atoms with E-state index in [0.717, 1.165) is 6.08 Å². The van der Waals surface area contributed by atoms with Crippen LogP contribution in [0.15, 0.2) is 51.8 Å². The van der Waals surface area contributed by atoms with E-state index < -0.39 is 21.7 Å². The van der Waals surface area contributed by atoms with Crippen molar-refractivity contribution in [2.45, 2.75) is 4.90 Å². The summed E-state index contributed by atoms with van der Waals surface area (Å²) in [5, 5.41) is 0. The Balaban J connectivity index is 1.75. The standard InChI is InChI=1S/C17H13BrFNO5S/c18-12-2-4-14(19)11(9-12)1-6-17(21)20-26(22,23)13-3-5-15-16(10-13)25-8-7-24-15/h1-6,9-10H,7-8H2,(H,20,21)/b6-1+. The Morgan fingerprint density at radius 3 is 2.62 bits per heavy atom. The SMILES string of the molecule is O=C(/C=C/c1cc(Br)ccc1F)NS(=O)(=O)c1ccc2c(c1)OCCO2. The molecule has 1 heterocycles. The molecule has 26 heavy (non-hydrogen) atoms. The summed E-state index contributed by atoms with van der Waals surface area (Å²) in [4.78, 5) is 11.8. The molecule has 1 aliphatic heterocycles. The number of fused-ring (bicyclic) bond motifs is 1. The zero-order valence-electron chi connectivity index (χ0n) is 13.2. The number of nitrogens with one attached hydrogen (secondary N) is 1. The van der Waals surface area contributed by atoms with Crippen LogP contribution in [0.25, 0.3) is 6.08 Å². The van der Waals surface area contributed by atoms with Crippen LogP contribution in [0, 0.1) is 5.82 Å². The Bertz CT molecular complexity index is 991. The Hall–Kier alpha value is -2.39. The molecule has 2 aromatic rings. The molecule has 0 atom stereocenters. The minimum absolute atomic E-state index is 0.142. The van der Waals surface area contributed by atoms with E-state index >= 15 is 0 Å². The van der Waals surface area contributed by atoms with Gasteiger partial charge in [0.1, 0.15) is 19.0 Å². The maximum atomic E-state index is 13.6. The summed E-state index contributed by atoms with van der Waals surface area (Å²) in [5.74, 6) is -0.712. The summed E-state index contributed by atoms with van der Waals surface area (Å²) in [7, 11) is -4.11. The molecule has 1 amide bonds. The second kappa shape index (κ2) is 7.46. The fraction of sp³-hybridized carbons (Fsp3) is 0.118. The number of rotatable bonds is 4. The van der Waals surface area contributed by atoms with Gasteiger partial charge in [-0.05, 0) is 36.4 Å². The molecular weight excluding hydrogens is 429 g/mol. The second-order valence-electron chi connectivity index (χ2n) is 5.27. The lowest BCUT2D eigenvalue weighted by molar-refractivity contribution is -0.114. The van der Waals surface area contributed by atoms with E-state index in [0.29, 0.717) is 29.2 Å². The number of amides is 1. The first-order valence-electron chi connectivity index (χ1n) is 7.45. The van der Waals surface area contributed by atoms with Gasteiger partial charge in [-0.2, -0.15) is 0 Å². The maximum Gasteiger partial charge on any atom is 0.264 e. The molecule has 0 radical (unpaired) electrons. The van der Waals surface area contributed by atoms with E-state index in [9.17, 15) is 17.6 Å². The van der Waals surface area contributed by atoms with E-state index in [1.807, 2.05) is 4.72 Å².